The normalized spacial score (nSPS) is 9.89. The molecule has 2 aromatic rings. The van der Waals surface area contributed by atoms with E-state index in [1.54, 1.807) is 30.5 Å². The van der Waals surface area contributed by atoms with E-state index in [0.29, 0.717) is 11.3 Å². The van der Waals surface area contributed by atoms with Crippen LogP contribution in [0.4, 0.5) is 5.69 Å². The number of amides is 1. The molecule has 2 rings (SSSR count). The number of nitrogens with one attached hydrogen (secondary N) is 1. The SMILES string of the molecule is O=C(Nc1cccnc1)c1cccc(B(O)O)c1. The van der Waals surface area contributed by atoms with E-state index >= 15 is 0 Å². The highest BCUT2D eigenvalue weighted by molar-refractivity contribution is 6.58. The number of aromatic nitrogens is 1. The van der Waals surface area contributed by atoms with Crippen molar-refractivity contribution in [2.24, 2.45) is 0 Å². The predicted molar refractivity (Wildman–Crippen MR) is 68.5 cm³/mol. The summed E-state index contributed by atoms with van der Waals surface area (Å²) in [7, 11) is -1.59. The van der Waals surface area contributed by atoms with E-state index in [0.717, 1.165) is 0 Å². The maximum Gasteiger partial charge on any atom is 0.488 e. The van der Waals surface area contributed by atoms with E-state index in [-0.39, 0.29) is 11.4 Å². The van der Waals surface area contributed by atoms with Gasteiger partial charge in [-0.05, 0) is 29.7 Å². The van der Waals surface area contributed by atoms with Gasteiger partial charge in [-0.25, -0.2) is 0 Å². The van der Waals surface area contributed by atoms with E-state index in [1.165, 1.54) is 18.3 Å². The molecule has 0 aliphatic rings. The summed E-state index contributed by atoms with van der Waals surface area (Å²) in [5.74, 6) is -0.328. The Morgan fingerprint density at radius 3 is 2.72 bits per heavy atom. The van der Waals surface area contributed by atoms with Crippen LogP contribution in [0.1, 0.15) is 10.4 Å². The predicted octanol–water partition coefficient (Wildman–Crippen LogP) is 0.0137. The molecule has 0 unspecified atom stereocenters. The Morgan fingerprint density at radius 2 is 2.06 bits per heavy atom. The fourth-order valence-electron chi connectivity index (χ4n) is 1.48. The van der Waals surface area contributed by atoms with Gasteiger partial charge in [0, 0.05) is 11.8 Å². The van der Waals surface area contributed by atoms with Crippen molar-refractivity contribution in [1.29, 1.82) is 0 Å². The molecule has 0 fully saturated rings. The van der Waals surface area contributed by atoms with Gasteiger partial charge in [-0.1, -0.05) is 12.1 Å². The minimum atomic E-state index is -1.59. The summed E-state index contributed by atoms with van der Waals surface area (Å²) in [6.07, 6.45) is 3.14. The molecule has 1 heterocycles. The lowest BCUT2D eigenvalue weighted by atomic mass is 9.79. The zero-order valence-electron chi connectivity index (χ0n) is 9.45. The van der Waals surface area contributed by atoms with E-state index < -0.39 is 7.12 Å². The van der Waals surface area contributed by atoms with Crippen molar-refractivity contribution >= 4 is 24.2 Å². The first-order valence-electron chi connectivity index (χ1n) is 5.34. The van der Waals surface area contributed by atoms with Gasteiger partial charge in [-0.15, -0.1) is 0 Å². The molecule has 6 heteroatoms. The molecule has 0 saturated carbocycles. The number of carbonyl (C=O) groups excluding carboxylic acids is 1. The zero-order valence-corrected chi connectivity index (χ0v) is 9.45. The molecule has 90 valence electrons. The summed E-state index contributed by atoms with van der Waals surface area (Å²) in [5, 5.41) is 20.7. The van der Waals surface area contributed by atoms with Crippen LogP contribution >= 0.6 is 0 Å². The molecule has 18 heavy (non-hydrogen) atoms. The maximum absolute atomic E-state index is 11.9. The minimum absolute atomic E-state index is 0.272. The second-order valence-corrected chi connectivity index (χ2v) is 3.69. The summed E-state index contributed by atoms with van der Waals surface area (Å²) < 4.78 is 0. The van der Waals surface area contributed by atoms with Crippen molar-refractivity contribution < 1.29 is 14.8 Å². The Labute approximate surface area is 104 Å². The Balaban J connectivity index is 2.16. The third-order valence-corrected chi connectivity index (χ3v) is 2.37. The van der Waals surface area contributed by atoms with E-state index in [2.05, 4.69) is 10.3 Å². The highest BCUT2D eigenvalue weighted by Gasteiger charge is 2.13. The molecular weight excluding hydrogens is 231 g/mol. The number of rotatable bonds is 3. The van der Waals surface area contributed by atoms with E-state index in [9.17, 15) is 4.79 Å². The van der Waals surface area contributed by atoms with Gasteiger partial charge >= 0.3 is 7.12 Å². The summed E-state index contributed by atoms with van der Waals surface area (Å²) in [5.41, 5.74) is 1.20. The van der Waals surface area contributed by atoms with Crippen LogP contribution in [0.5, 0.6) is 0 Å². The van der Waals surface area contributed by atoms with E-state index in [1.807, 2.05) is 0 Å². The fraction of sp³-hybridized carbons (Fsp3) is 0. The standard InChI is InChI=1S/C12H11BN2O3/c16-12(15-11-5-2-6-14-8-11)9-3-1-4-10(7-9)13(17)18/h1-8,17-18H,(H,15,16). The fourth-order valence-corrected chi connectivity index (χ4v) is 1.48. The lowest BCUT2D eigenvalue weighted by Gasteiger charge is -2.06. The Kier molecular flexibility index (Phi) is 3.71. The van der Waals surface area contributed by atoms with Crippen LogP contribution < -0.4 is 10.8 Å². The quantitative estimate of drug-likeness (QED) is 0.662. The molecule has 0 bridgehead atoms. The van der Waals surface area contributed by atoms with Crippen LogP contribution in [0.3, 0.4) is 0 Å². The summed E-state index contributed by atoms with van der Waals surface area (Å²) in [6, 6.07) is 9.57. The first-order chi connectivity index (χ1) is 8.66. The van der Waals surface area contributed by atoms with Crippen molar-refractivity contribution in [3.05, 3.63) is 54.4 Å². The molecule has 5 nitrogen and oxygen atoms in total. The third-order valence-electron chi connectivity index (χ3n) is 2.37. The van der Waals surface area contributed by atoms with Crippen molar-refractivity contribution in [2.75, 3.05) is 5.32 Å². The third kappa shape index (κ3) is 2.94. The smallest absolute Gasteiger partial charge is 0.423 e. The molecule has 0 spiro atoms. The highest BCUT2D eigenvalue weighted by atomic mass is 16.4. The topological polar surface area (TPSA) is 82.5 Å². The number of benzene rings is 1. The van der Waals surface area contributed by atoms with Gasteiger partial charge in [-0.3, -0.25) is 9.78 Å². The molecular formula is C12H11BN2O3. The number of hydrogen-bond donors (Lipinski definition) is 3. The molecule has 3 N–H and O–H groups in total. The van der Waals surface area contributed by atoms with Crippen LogP contribution in [-0.4, -0.2) is 28.1 Å². The van der Waals surface area contributed by atoms with Crippen molar-refractivity contribution in [2.45, 2.75) is 0 Å². The van der Waals surface area contributed by atoms with E-state index in [4.69, 9.17) is 10.0 Å². The van der Waals surface area contributed by atoms with Crippen LogP contribution in [0, 0.1) is 0 Å². The van der Waals surface area contributed by atoms with Gasteiger partial charge in [0.1, 0.15) is 0 Å². The molecule has 0 radical (unpaired) electrons. The minimum Gasteiger partial charge on any atom is -0.423 e. The molecule has 0 aliphatic carbocycles. The number of hydrogen-bond acceptors (Lipinski definition) is 4. The molecule has 1 aromatic heterocycles. The van der Waals surface area contributed by atoms with Gasteiger partial charge in [-0.2, -0.15) is 0 Å². The number of pyridine rings is 1. The van der Waals surface area contributed by atoms with Gasteiger partial charge in [0.2, 0.25) is 0 Å². The monoisotopic (exact) mass is 242 g/mol. The molecule has 0 aliphatic heterocycles. The first kappa shape index (κ1) is 12.3. The molecule has 0 atom stereocenters. The van der Waals surface area contributed by atoms with Gasteiger partial charge in [0.05, 0.1) is 11.9 Å². The van der Waals surface area contributed by atoms with Crippen LogP contribution in [-0.2, 0) is 0 Å². The summed E-state index contributed by atoms with van der Waals surface area (Å²) in [6.45, 7) is 0. The summed E-state index contributed by atoms with van der Waals surface area (Å²) >= 11 is 0. The zero-order chi connectivity index (χ0) is 13.0. The Morgan fingerprint density at radius 1 is 1.22 bits per heavy atom. The second kappa shape index (κ2) is 5.44. The average Bonchev–Trinajstić information content (AvgIpc) is 2.40. The van der Waals surface area contributed by atoms with Crippen molar-refractivity contribution in [1.82, 2.24) is 4.98 Å². The highest BCUT2D eigenvalue weighted by Crippen LogP contribution is 2.06. The second-order valence-electron chi connectivity index (χ2n) is 3.69. The molecule has 1 amide bonds. The number of carbonyl (C=O) groups is 1. The lowest BCUT2D eigenvalue weighted by molar-refractivity contribution is 0.102. The summed E-state index contributed by atoms with van der Waals surface area (Å²) in [4.78, 5) is 15.8. The molecule has 1 aromatic carbocycles. The van der Waals surface area contributed by atoms with Gasteiger partial charge in [0.25, 0.3) is 5.91 Å². The first-order valence-corrected chi connectivity index (χ1v) is 5.34. The maximum atomic E-state index is 11.9. The van der Waals surface area contributed by atoms with Gasteiger partial charge < -0.3 is 15.4 Å². The number of anilines is 1. The van der Waals surface area contributed by atoms with Crippen LogP contribution in [0.15, 0.2) is 48.8 Å². The number of nitrogens with zero attached hydrogens (tertiary/aromatic N) is 1. The lowest BCUT2D eigenvalue weighted by Crippen LogP contribution is -2.30. The van der Waals surface area contributed by atoms with Crippen LogP contribution in [0.25, 0.3) is 0 Å². The Bertz CT molecular complexity index is 546. The molecule has 0 saturated heterocycles. The van der Waals surface area contributed by atoms with Crippen molar-refractivity contribution in [3.63, 3.8) is 0 Å². The average molecular weight is 242 g/mol. The Hall–Kier alpha value is -2.18. The van der Waals surface area contributed by atoms with Crippen molar-refractivity contribution in [3.8, 4) is 0 Å². The van der Waals surface area contributed by atoms with Crippen LogP contribution in [0.2, 0.25) is 0 Å². The largest absolute Gasteiger partial charge is 0.488 e. The van der Waals surface area contributed by atoms with Gasteiger partial charge in [0.15, 0.2) is 0 Å².